The summed E-state index contributed by atoms with van der Waals surface area (Å²) in [7, 11) is 1.64. The molecule has 122 valence electrons. The normalized spacial score (nSPS) is 20.9. The zero-order chi connectivity index (χ0) is 16.2. The number of hydrogen-bond acceptors (Lipinski definition) is 4. The van der Waals surface area contributed by atoms with E-state index in [-0.39, 0.29) is 5.92 Å². The lowest BCUT2D eigenvalue weighted by Gasteiger charge is -2.28. The van der Waals surface area contributed by atoms with Gasteiger partial charge in [0.15, 0.2) is 0 Å². The molecular weight excluding hydrogens is 294 g/mol. The van der Waals surface area contributed by atoms with Crippen LogP contribution in [0.5, 0.6) is 5.75 Å². The first-order valence-electron chi connectivity index (χ1n) is 7.84. The number of carboxylic acids is 1. The molecule has 1 fully saturated rings. The van der Waals surface area contributed by atoms with Crippen LogP contribution in [0.3, 0.4) is 0 Å². The molecule has 0 aliphatic heterocycles. The molecule has 23 heavy (non-hydrogen) atoms. The Kier molecular flexibility index (Phi) is 4.50. The number of benzene rings is 1. The Labute approximate surface area is 135 Å². The fourth-order valence-corrected chi connectivity index (χ4v) is 3.06. The summed E-state index contributed by atoms with van der Waals surface area (Å²) in [5.74, 6) is -0.108. The molecule has 1 heterocycles. The summed E-state index contributed by atoms with van der Waals surface area (Å²) in [5.41, 5.74) is 1.89. The van der Waals surface area contributed by atoms with Gasteiger partial charge in [-0.1, -0.05) is 0 Å². The highest BCUT2D eigenvalue weighted by Gasteiger charge is 2.25. The van der Waals surface area contributed by atoms with Crippen LogP contribution in [0, 0.1) is 5.92 Å². The van der Waals surface area contributed by atoms with Gasteiger partial charge in [-0.3, -0.25) is 4.79 Å². The smallest absolute Gasteiger partial charge is 0.306 e. The first-order chi connectivity index (χ1) is 11.2. The van der Waals surface area contributed by atoms with Crippen LogP contribution in [0.25, 0.3) is 5.69 Å². The number of nitrogens with one attached hydrogen (secondary N) is 1. The Morgan fingerprint density at radius 1 is 1.30 bits per heavy atom. The summed E-state index contributed by atoms with van der Waals surface area (Å²) in [6.45, 7) is 0. The van der Waals surface area contributed by atoms with E-state index in [0.717, 1.165) is 42.8 Å². The Bertz CT molecular complexity index is 662. The molecule has 0 atom stereocenters. The van der Waals surface area contributed by atoms with E-state index in [2.05, 4.69) is 10.4 Å². The predicted molar refractivity (Wildman–Crippen MR) is 87.1 cm³/mol. The van der Waals surface area contributed by atoms with Gasteiger partial charge in [-0.25, -0.2) is 4.68 Å². The van der Waals surface area contributed by atoms with Gasteiger partial charge in [0, 0.05) is 36.3 Å². The minimum Gasteiger partial charge on any atom is -0.497 e. The zero-order valence-electron chi connectivity index (χ0n) is 13.1. The van der Waals surface area contributed by atoms with E-state index in [1.54, 1.807) is 18.0 Å². The SMILES string of the molecule is COc1cc(NC2CCC(C(=O)O)CC2)cc(-n2cccn2)c1. The zero-order valence-corrected chi connectivity index (χ0v) is 13.1. The second-order valence-electron chi connectivity index (χ2n) is 5.90. The topological polar surface area (TPSA) is 76.4 Å². The van der Waals surface area contributed by atoms with Crippen molar-refractivity contribution in [2.45, 2.75) is 31.7 Å². The molecule has 1 saturated carbocycles. The van der Waals surface area contributed by atoms with Crippen molar-refractivity contribution < 1.29 is 14.6 Å². The number of anilines is 1. The summed E-state index contributed by atoms with van der Waals surface area (Å²) in [5, 5.41) is 16.8. The average molecular weight is 315 g/mol. The highest BCUT2D eigenvalue weighted by Crippen LogP contribution is 2.29. The van der Waals surface area contributed by atoms with E-state index in [1.165, 1.54) is 0 Å². The van der Waals surface area contributed by atoms with Crippen LogP contribution in [-0.2, 0) is 4.79 Å². The van der Waals surface area contributed by atoms with Crippen LogP contribution in [0.2, 0.25) is 0 Å². The number of aliphatic carboxylic acids is 1. The van der Waals surface area contributed by atoms with Crippen molar-refractivity contribution in [1.82, 2.24) is 9.78 Å². The fraction of sp³-hybridized carbons (Fsp3) is 0.412. The number of nitrogens with zero attached hydrogens (tertiary/aromatic N) is 2. The molecule has 3 rings (SSSR count). The molecule has 0 bridgehead atoms. The van der Waals surface area contributed by atoms with Gasteiger partial charge in [-0.15, -0.1) is 0 Å². The molecule has 6 heteroatoms. The van der Waals surface area contributed by atoms with Gasteiger partial charge in [-0.05, 0) is 37.8 Å². The van der Waals surface area contributed by atoms with Gasteiger partial charge in [0.25, 0.3) is 0 Å². The Morgan fingerprint density at radius 3 is 2.70 bits per heavy atom. The third-order valence-electron chi connectivity index (χ3n) is 4.34. The number of carboxylic acid groups (broad SMARTS) is 1. The maximum Gasteiger partial charge on any atom is 0.306 e. The molecule has 1 aromatic heterocycles. The van der Waals surface area contributed by atoms with Crippen molar-refractivity contribution in [2.24, 2.45) is 5.92 Å². The number of rotatable bonds is 5. The van der Waals surface area contributed by atoms with Gasteiger partial charge < -0.3 is 15.2 Å². The summed E-state index contributed by atoms with van der Waals surface area (Å²) >= 11 is 0. The van der Waals surface area contributed by atoms with Crippen LogP contribution in [-0.4, -0.2) is 34.0 Å². The van der Waals surface area contributed by atoms with Crippen LogP contribution in [0.4, 0.5) is 5.69 Å². The summed E-state index contributed by atoms with van der Waals surface area (Å²) < 4.78 is 7.16. The van der Waals surface area contributed by atoms with E-state index in [4.69, 9.17) is 9.84 Å². The lowest BCUT2D eigenvalue weighted by Crippen LogP contribution is -2.29. The first-order valence-corrected chi connectivity index (χ1v) is 7.84. The second-order valence-corrected chi connectivity index (χ2v) is 5.90. The minimum absolute atomic E-state index is 0.196. The van der Waals surface area contributed by atoms with Gasteiger partial charge in [0.2, 0.25) is 0 Å². The Morgan fingerprint density at radius 2 is 2.09 bits per heavy atom. The molecule has 0 spiro atoms. The van der Waals surface area contributed by atoms with Crippen LogP contribution >= 0.6 is 0 Å². The van der Waals surface area contributed by atoms with E-state index in [0.29, 0.717) is 6.04 Å². The van der Waals surface area contributed by atoms with Crippen LogP contribution in [0.15, 0.2) is 36.7 Å². The molecule has 6 nitrogen and oxygen atoms in total. The van der Waals surface area contributed by atoms with Crippen molar-refractivity contribution in [3.05, 3.63) is 36.7 Å². The third kappa shape index (κ3) is 3.64. The third-order valence-corrected chi connectivity index (χ3v) is 4.34. The molecule has 1 aliphatic rings. The van der Waals surface area contributed by atoms with E-state index in [9.17, 15) is 4.79 Å². The van der Waals surface area contributed by atoms with Crippen molar-refractivity contribution in [1.29, 1.82) is 0 Å². The molecule has 2 N–H and O–H groups in total. The van der Waals surface area contributed by atoms with Gasteiger partial charge in [-0.2, -0.15) is 5.10 Å². The average Bonchev–Trinajstić information content (AvgIpc) is 3.09. The Balaban J connectivity index is 1.73. The highest BCUT2D eigenvalue weighted by atomic mass is 16.5. The van der Waals surface area contributed by atoms with Crippen LogP contribution in [0.1, 0.15) is 25.7 Å². The molecule has 1 aliphatic carbocycles. The lowest BCUT2D eigenvalue weighted by molar-refractivity contribution is -0.142. The molecule has 0 radical (unpaired) electrons. The maximum atomic E-state index is 11.0. The number of aromatic nitrogens is 2. The number of hydrogen-bond donors (Lipinski definition) is 2. The molecule has 0 unspecified atom stereocenters. The fourth-order valence-electron chi connectivity index (χ4n) is 3.06. The molecule has 0 saturated heterocycles. The van der Waals surface area contributed by atoms with Crippen molar-refractivity contribution >= 4 is 11.7 Å². The largest absolute Gasteiger partial charge is 0.497 e. The summed E-state index contributed by atoms with van der Waals surface area (Å²) in [6.07, 6.45) is 6.80. The van der Waals surface area contributed by atoms with Crippen LogP contribution < -0.4 is 10.1 Å². The molecule has 1 aromatic carbocycles. The predicted octanol–water partition coefficient (Wildman–Crippen LogP) is 2.94. The molecule has 2 aromatic rings. The lowest BCUT2D eigenvalue weighted by atomic mass is 9.86. The highest BCUT2D eigenvalue weighted by molar-refractivity contribution is 5.70. The first kappa shape index (κ1) is 15.4. The van der Waals surface area contributed by atoms with Gasteiger partial charge >= 0.3 is 5.97 Å². The minimum atomic E-state index is -0.675. The van der Waals surface area contributed by atoms with Crippen molar-refractivity contribution in [3.63, 3.8) is 0 Å². The number of carbonyl (C=O) groups is 1. The number of methoxy groups -OCH3 is 1. The summed E-state index contributed by atoms with van der Waals surface area (Å²) in [4.78, 5) is 11.0. The monoisotopic (exact) mass is 315 g/mol. The summed E-state index contributed by atoms with van der Waals surface area (Å²) in [6, 6.07) is 8.08. The van der Waals surface area contributed by atoms with E-state index in [1.807, 2.05) is 30.5 Å². The standard InChI is InChI=1S/C17H21N3O3/c1-23-16-10-14(9-15(11-16)20-8-2-7-18-20)19-13-5-3-12(4-6-13)17(21)22/h2,7-13,19H,3-6H2,1H3,(H,21,22). The molecule has 0 amide bonds. The molecular formula is C17H21N3O3. The maximum absolute atomic E-state index is 11.0. The number of ether oxygens (including phenoxy) is 1. The van der Waals surface area contributed by atoms with E-state index < -0.39 is 5.97 Å². The van der Waals surface area contributed by atoms with Crippen molar-refractivity contribution in [3.8, 4) is 11.4 Å². The van der Waals surface area contributed by atoms with Gasteiger partial charge in [0.05, 0.1) is 18.7 Å². The Hall–Kier alpha value is -2.50. The van der Waals surface area contributed by atoms with Gasteiger partial charge in [0.1, 0.15) is 5.75 Å². The quantitative estimate of drug-likeness (QED) is 0.887. The van der Waals surface area contributed by atoms with E-state index >= 15 is 0 Å². The van der Waals surface area contributed by atoms with Crippen molar-refractivity contribution in [2.75, 3.05) is 12.4 Å². The second kappa shape index (κ2) is 6.73.